The van der Waals surface area contributed by atoms with Gasteiger partial charge in [0.05, 0.1) is 12.2 Å². The van der Waals surface area contributed by atoms with E-state index in [1.807, 2.05) is 0 Å². The van der Waals surface area contributed by atoms with Gasteiger partial charge in [-0.15, -0.1) is 0 Å². The summed E-state index contributed by atoms with van der Waals surface area (Å²) in [4.78, 5) is 11.5. The number of aliphatic hydroxyl groups is 2. The van der Waals surface area contributed by atoms with Crippen LogP contribution < -0.4 is 0 Å². The van der Waals surface area contributed by atoms with E-state index in [0.717, 1.165) is 38.5 Å². The Morgan fingerprint density at radius 3 is 2.55 bits per heavy atom. The van der Waals surface area contributed by atoms with Crippen molar-refractivity contribution in [2.45, 2.75) is 97.2 Å². The number of alkyl halides is 1. The number of Topliss-reactive ketones (excluding diaryl/α,β-unsaturated/α-hetero) is 1. The van der Waals surface area contributed by atoms with Crippen LogP contribution >= 0.6 is 0 Å². The van der Waals surface area contributed by atoms with Gasteiger partial charge in [-0.1, -0.05) is 20.8 Å². The molecule has 166 valence electrons. The fourth-order valence-corrected chi connectivity index (χ4v) is 8.82. The highest BCUT2D eigenvalue weighted by atomic mass is 19.1. The molecule has 0 radical (unpaired) electrons. The summed E-state index contributed by atoms with van der Waals surface area (Å²) in [6, 6.07) is 0. The molecular weight excluding hydrogens is 367 g/mol. The highest BCUT2D eigenvalue weighted by molar-refractivity contribution is 5.79. The first kappa shape index (κ1) is 21.7. The van der Waals surface area contributed by atoms with Crippen LogP contribution in [0, 0.1) is 46.3 Å². The van der Waals surface area contributed by atoms with Crippen molar-refractivity contribution >= 4 is 5.78 Å². The fourth-order valence-electron chi connectivity index (χ4n) is 8.82. The molecule has 29 heavy (non-hydrogen) atoms. The Kier molecular flexibility index (Phi) is 5.92. The van der Waals surface area contributed by atoms with Gasteiger partial charge in [0.15, 0.2) is 5.78 Å². The maximum atomic E-state index is 12.6. The molecule has 0 unspecified atom stereocenters. The zero-order chi connectivity index (χ0) is 21.0. The Labute approximate surface area is 175 Å². The molecule has 0 spiro atoms. The van der Waals surface area contributed by atoms with Crippen LogP contribution in [0.1, 0.15) is 85.0 Å². The van der Waals surface area contributed by atoms with Crippen molar-refractivity contribution in [2.75, 3.05) is 6.67 Å². The number of rotatable bonds is 5. The van der Waals surface area contributed by atoms with Gasteiger partial charge in [0.1, 0.15) is 6.67 Å². The number of ketones is 1. The van der Waals surface area contributed by atoms with Crippen LogP contribution in [-0.2, 0) is 4.79 Å². The normalized spacial score (nSPS) is 50.3. The molecule has 4 aliphatic rings. The molecule has 0 bridgehead atoms. The molecule has 4 fully saturated rings. The van der Waals surface area contributed by atoms with Gasteiger partial charge in [0.2, 0.25) is 0 Å². The average Bonchev–Trinajstić information content (AvgIpc) is 3.06. The molecule has 0 aliphatic heterocycles. The Bertz CT molecular complexity index is 623. The summed E-state index contributed by atoms with van der Waals surface area (Å²) in [5.41, 5.74) is 0.193. The van der Waals surface area contributed by atoms with E-state index in [1.54, 1.807) is 0 Å². The summed E-state index contributed by atoms with van der Waals surface area (Å²) >= 11 is 0. The Morgan fingerprint density at radius 2 is 1.83 bits per heavy atom. The first-order valence-corrected chi connectivity index (χ1v) is 12.2. The lowest BCUT2D eigenvalue weighted by Gasteiger charge is -2.62. The minimum Gasteiger partial charge on any atom is -0.393 e. The molecule has 0 aromatic carbocycles. The third-order valence-electron chi connectivity index (χ3n) is 10.5. The second kappa shape index (κ2) is 7.89. The lowest BCUT2D eigenvalue weighted by Crippen LogP contribution is -2.58. The summed E-state index contributed by atoms with van der Waals surface area (Å²) in [5.74, 6) is 2.91. The molecule has 0 amide bonds. The maximum absolute atomic E-state index is 12.6. The van der Waals surface area contributed by atoms with E-state index in [0.29, 0.717) is 41.9 Å². The fraction of sp³-hybridized carbons (Fsp3) is 0.960. The minimum absolute atomic E-state index is 0.0727. The molecule has 0 heterocycles. The molecule has 4 aliphatic carbocycles. The van der Waals surface area contributed by atoms with Gasteiger partial charge in [-0.3, -0.25) is 4.79 Å². The molecule has 10 atom stereocenters. The lowest BCUT2D eigenvalue weighted by molar-refractivity contribution is -0.174. The summed E-state index contributed by atoms with van der Waals surface area (Å²) in [7, 11) is 0. The van der Waals surface area contributed by atoms with Gasteiger partial charge < -0.3 is 10.2 Å². The minimum atomic E-state index is -0.849. The third-order valence-corrected chi connectivity index (χ3v) is 10.5. The van der Waals surface area contributed by atoms with Crippen molar-refractivity contribution in [3.8, 4) is 0 Å². The van der Waals surface area contributed by atoms with E-state index in [4.69, 9.17) is 0 Å². The Hall–Kier alpha value is -0.480. The molecule has 4 rings (SSSR count). The largest absolute Gasteiger partial charge is 0.393 e. The van der Waals surface area contributed by atoms with Gasteiger partial charge in [-0.25, -0.2) is 4.39 Å². The van der Waals surface area contributed by atoms with E-state index in [-0.39, 0.29) is 28.8 Å². The van der Waals surface area contributed by atoms with Gasteiger partial charge in [0.25, 0.3) is 0 Å². The van der Waals surface area contributed by atoms with Crippen LogP contribution in [0.4, 0.5) is 4.39 Å². The quantitative estimate of drug-likeness (QED) is 0.678. The van der Waals surface area contributed by atoms with Gasteiger partial charge in [0, 0.05) is 6.42 Å². The monoisotopic (exact) mass is 408 g/mol. The molecular formula is C25H41FO3. The summed E-state index contributed by atoms with van der Waals surface area (Å²) < 4.78 is 12.6. The molecule has 2 N–H and O–H groups in total. The molecule has 4 heteroatoms. The third kappa shape index (κ3) is 3.41. The van der Waals surface area contributed by atoms with E-state index < -0.39 is 6.67 Å². The van der Waals surface area contributed by atoms with Crippen LogP contribution in [0.5, 0.6) is 0 Å². The zero-order valence-corrected chi connectivity index (χ0v) is 18.6. The van der Waals surface area contributed by atoms with Crippen molar-refractivity contribution in [3.05, 3.63) is 0 Å². The molecule has 0 aromatic rings. The maximum Gasteiger partial charge on any atom is 0.163 e. The average molecular weight is 409 g/mol. The number of hydrogen-bond acceptors (Lipinski definition) is 3. The van der Waals surface area contributed by atoms with Gasteiger partial charge in [-0.2, -0.15) is 0 Å². The van der Waals surface area contributed by atoms with E-state index in [1.165, 1.54) is 19.3 Å². The molecule has 4 saturated carbocycles. The standard InChI is InChI=1S/C25H41FO3/c1-15(4-6-18(28)14-26)20-8-9-21-19-7-5-16-12-17(27)10-11-24(16,2)22(19)13-23(29)25(20,21)3/h15-17,19-23,27,29H,4-14H2,1-3H3/t15-,16-,17-,19+,20-,21+,22+,23+,24+,25-/m1/s1. The topological polar surface area (TPSA) is 57.5 Å². The van der Waals surface area contributed by atoms with Crippen LogP contribution in [0.25, 0.3) is 0 Å². The van der Waals surface area contributed by atoms with Crippen molar-refractivity contribution in [1.82, 2.24) is 0 Å². The van der Waals surface area contributed by atoms with Crippen LogP contribution in [-0.4, -0.2) is 34.9 Å². The van der Waals surface area contributed by atoms with Crippen LogP contribution in [0.15, 0.2) is 0 Å². The SMILES string of the molecule is C[C@H](CCC(=O)CF)[C@H]1CC[C@H]2[C@@H]3CC[C@@H]4C[C@H](O)CC[C@]4(C)[C@H]3C[C@H](O)[C@]12C. The smallest absolute Gasteiger partial charge is 0.163 e. The van der Waals surface area contributed by atoms with E-state index in [2.05, 4.69) is 20.8 Å². The Morgan fingerprint density at radius 1 is 1.07 bits per heavy atom. The number of carbonyl (C=O) groups excluding carboxylic acids is 1. The highest BCUT2D eigenvalue weighted by Gasteiger charge is 2.63. The number of fused-ring (bicyclic) bond motifs is 5. The van der Waals surface area contributed by atoms with Gasteiger partial charge >= 0.3 is 0 Å². The molecule has 0 aromatic heterocycles. The zero-order valence-electron chi connectivity index (χ0n) is 18.6. The van der Waals surface area contributed by atoms with Crippen LogP contribution in [0.2, 0.25) is 0 Å². The lowest BCUT2D eigenvalue weighted by atomic mass is 9.43. The second-order valence-electron chi connectivity index (χ2n) is 11.6. The van der Waals surface area contributed by atoms with E-state index >= 15 is 0 Å². The predicted molar refractivity (Wildman–Crippen MR) is 112 cm³/mol. The number of carbonyl (C=O) groups is 1. The highest BCUT2D eigenvalue weighted by Crippen LogP contribution is 2.68. The number of hydrogen-bond donors (Lipinski definition) is 2. The summed E-state index contributed by atoms with van der Waals surface area (Å²) in [6.07, 6.45) is 9.29. The Balaban J connectivity index is 1.53. The molecule has 0 saturated heterocycles. The van der Waals surface area contributed by atoms with Crippen molar-refractivity contribution in [1.29, 1.82) is 0 Å². The van der Waals surface area contributed by atoms with Crippen molar-refractivity contribution in [3.63, 3.8) is 0 Å². The molecule has 3 nitrogen and oxygen atoms in total. The summed E-state index contributed by atoms with van der Waals surface area (Å²) in [5, 5.41) is 21.7. The first-order chi connectivity index (χ1) is 13.7. The van der Waals surface area contributed by atoms with Crippen LogP contribution in [0.3, 0.4) is 0 Å². The van der Waals surface area contributed by atoms with Gasteiger partial charge in [-0.05, 0) is 104 Å². The number of halogens is 1. The van der Waals surface area contributed by atoms with Crippen molar-refractivity contribution < 1.29 is 19.4 Å². The first-order valence-electron chi connectivity index (χ1n) is 12.2. The van der Waals surface area contributed by atoms with Crippen molar-refractivity contribution in [2.24, 2.45) is 46.3 Å². The van der Waals surface area contributed by atoms with E-state index in [9.17, 15) is 19.4 Å². The predicted octanol–water partition coefficient (Wildman–Crippen LogP) is 4.93. The second-order valence-corrected chi connectivity index (χ2v) is 11.6. The summed E-state index contributed by atoms with van der Waals surface area (Å²) in [6.45, 7) is 6.14. The number of aliphatic hydroxyl groups excluding tert-OH is 2.